The van der Waals surface area contributed by atoms with Crippen LogP contribution in [0, 0.1) is 11.8 Å². The molecule has 0 aliphatic heterocycles. The molecule has 3 rings (SSSR count). The van der Waals surface area contributed by atoms with Crippen molar-refractivity contribution >= 4 is 11.6 Å². The lowest BCUT2D eigenvalue weighted by Crippen LogP contribution is -2.27. The molecule has 0 spiro atoms. The van der Waals surface area contributed by atoms with Crippen LogP contribution >= 0.6 is 11.6 Å². The fourth-order valence-electron chi connectivity index (χ4n) is 3.55. The van der Waals surface area contributed by atoms with Crippen LogP contribution in [0.4, 0.5) is 0 Å². The first kappa shape index (κ1) is 14.4. The summed E-state index contributed by atoms with van der Waals surface area (Å²) >= 11 is 6.34. The van der Waals surface area contributed by atoms with Crippen molar-refractivity contribution in [2.75, 3.05) is 6.54 Å². The predicted octanol–water partition coefficient (Wildman–Crippen LogP) is 4.83. The summed E-state index contributed by atoms with van der Waals surface area (Å²) in [6.45, 7) is 1.17. The van der Waals surface area contributed by atoms with Crippen molar-refractivity contribution in [2.45, 2.75) is 57.4 Å². The summed E-state index contributed by atoms with van der Waals surface area (Å²) in [6, 6.07) is 9.17. The van der Waals surface area contributed by atoms with E-state index in [1.807, 2.05) is 12.1 Å². The average molecular weight is 292 g/mol. The van der Waals surface area contributed by atoms with Crippen LogP contribution < -0.4 is 5.32 Å². The molecule has 2 heteroatoms. The molecule has 1 aromatic carbocycles. The van der Waals surface area contributed by atoms with Crippen LogP contribution in [-0.4, -0.2) is 12.6 Å². The number of hydrogen-bond acceptors (Lipinski definition) is 1. The van der Waals surface area contributed by atoms with Crippen LogP contribution in [0.3, 0.4) is 0 Å². The normalized spacial score (nSPS) is 21.2. The Labute approximate surface area is 128 Å². The largest absolute Gasteiger partial charge is 0.314 e. The molecule has 1 nitrogen and oxygen atoms in total. The molecule has 0 amide bonds. The summed E-state index contributed by atoms with van der Waals surface area (Å²) in [5, 5.41) is 4.67. The molecule has 2 aliphatic rings. The summed E-state index contributed by atoms with van der Waals surface area (Å²) in [7, 11) is 0. The number of hydrogen-bond donors (Lipinski definition) is 1. The van der Waals surface area contributed by atoms with Crippen molar-refractivity contribution in [2.24, 2.45) is 11.8 Å². The van der Waals surface area contributed by atoms with E-state index >= 15 is 0 Å². The molecule has 0 radical (unpaired) electrons. The van der Waals surface area contributed by atoms with E-state index in [1.54, 1.807) is 0 Å². The minimum atomic E-state index is 0.749. The molecule has 2 saturated carbocycles. The topological polar surface area (TPSA) is 12.0 Å². The zero-order valence-corrected chi connectivity index (χ0v) is 13.0. The van der Waals surface area contributed by atoms with E-state index in [0.717, 1.165) is 29.3 Å². The van der Waals surface area contributed by atoms with Gasteiger partial charge in [0.05, 0.1) is 0 Å². The summed E-state index contributed by atoms with van der Waals surface area (Å²) < 4.78 is 0. The van der Waals surface area contributed by atoms with Crippen LogP contribution in [0.2, 0.25) is 5.02 Å². The molecule has 20 heavy (non-hydrogen) atoms. The second-order valence-corrected chi connectivity index (χ2v) is 7.14. The molecule has 1 aromatic rings. The first-order valence-electron chi connectivity index (χ1n) is 8.28. The van der Waals surface area contributed by atoms with Crippen LogP contribution in [0.25, 0.3) is 0 Å². The number of benzene rings is 1. The van der Waals surface area contributed by atoms with Gasteiger partial charge in [-0.15, -0.1) is 0 Å². The molecule has 2 aliphatic carbocycles. The van der Waals surface area contributed by atoms with Gasteiger partial charge in [-0.2, -0.15) is 0 Å². The molecule has 2 fully saturated rings. The molecular weight excluding hydrogens is 266 g/mol. The maximum Gasteiger partial charge on any atom is 0.0438 e. The van der Waals surface area contributed by atoms with Crippen molar-refractivity contribution in [1.29, 1.82) is 0 Å². The van der Waals surface area contributed by atoms with Crippen LogP contribution in [-0.2, 0) is 6.42 Å². The maximum absolute atomic E-state index is 6.34. The van der Waals surface area contributed by atoms with E-state index in [-0.39, 0.29) is 0 Å². The van der Waals surface area contributed by atoms with E-state index in [1.165, 1.54) is 57.1 Å². The van der Waals surface area contributed by atoms with Crippen molar-refractivity contribution in [3.63, 3.8) is 0 Å². The lowest BCUT2D eigenvalue weighted by Gasteiger charge is -2.22. The highest BCUT2D eigenvalue weighted by Gasteiger charge is 2.25. The Morgan fingerprint density at radius 2 is 1.85 bits per heavy atom. The average Bonchev–Trinajstić information content (AvgIpc) is 3.15. The van der Waals surface area contributed by atoms with Gasteiger partial charge in [0.25, 0.3) is 0 Å². The van der Waals surface area contributed by atoms with Crippen LogP contribution in [0.1, 0.15) is 50.5 Å². The molecule has 0 heterocycles. The number of halogens is 1. The Morgan fingerprint density at radius 3 is 2.55 bits per heavy atom. The highest BCUT2D eigenvalue weighted by molar-refractivity contribution is 6.31. The van der Waals surface area contributed by atoms with Gasteiger partial charge in [-0.3, -0.25) is 0 Å². The second kappa shape index (κ2) is 6.95. The standard InChI is InChI=1S/C18H26ClN/c19-18-8-4-3-7-16(18)12-15(13-20-17-9-10-17)11-14-5-1-2-6-14/h3-4,7-8,14-15,17,20H,1-2,5-6,9-13H2. The highest BCUT2D eigenvalue weighted by Crippen LogP contribution is 2.32. The van der Waals surface area contributed by atoms with Crippen molar-refractivity contribution in [3.8, 4) is 0 Å². The third-order valence-electron chi connectivity index (χ3n) is 4.88. The van der Waals surface area contributed by atoms with E-state index in [0.29, 0.717) is 0 Å². The maximum atomic E-state index is 6.34. The van der Waals surface area contributed by atoms with Gasteiger partial charge in [-0.1, -0.05) is 55.5 Å². The summed E-state index contributed by atoms with van der Waals surface area (Å²) in [5.74, 6) is 1.71. The molecule has 110 valence electrons. The van der Waals surface area contributed by atoms with Crippen molar-refractivity contribution in [1.82, 2.24) is 5.32 Å². The Hall–Kier alpha value is -0.530. The Bertz CT molecular complexity index is 421. The minimum absolute atomic E-state index is 0.749. The molecule has 0 aromatic heterocycles. The van der Waals surface area contributed by atoms with Crippen LogP contribution in [0.15, 0.2) is 24.3 Å². The summed E-state index contributed by atoms with van der Waals surface area (Å²) in [5.41, 5.74) is 1.33. The Kier molecular flexibility index (Phi) is 5.01. The van der Waals surface area contributed by atoms with E-state index in [4.69, 9.17) is 11.6 Å². The molecule has 1 unspecified atom stereocenters. The minimum Gasteiger partial charge on any atom is -0.314 e. The summed E-state index contributed by atoms with van der Waals surface area (Å²) in [6.07, 6.45) is 11.1. The van der Waals surface area contributed by atoms with Gasteiger partial charge in [0.1, 0.15) is 0 Å². The smallest absolute Gasteiger partial charge is 0.0438 e. The highest BCUT2D eigenvalue weighted by atomic mass is 35.5. The van der Waals surface area contributed by atoms with E-state index in [2.05, 4.69) is 17.4 Å². The van der Waals surface area contributed by atoms with Gasteiger partial charge in [-0.05, 0) is 55.7 Å². The first-order chi connectivity index (χ1) is 9.81. The van der Waals surface area contributed by atoms with Gasteiger partial charge in [0, 0.05) is 11.1 Å². The van der Waals surface area contributed by atoms with Crippen LogP contribution in [0.5, 0.6) is 0 Å². The Balaban J connectivity index is 1.58. The molecule has 1 N–H and O–H groups in total. The predicted molar refractivity (Wildman–Crippen MR) is 86.2 cm³/mol. The third-order valence-corrected chi connectivity index (χ3v) is 5.25. The zero-order chi connectivity index (χ0) is 13.8. The van der Waals surface area contributed by atoms with E-state index < -0.39 is 0 Å². The number of nitrogens with one attached hydrogen (secondary N) is 1. The monoisotopic (exact) mass is 291 g/mol. The van der Waals surface area contributed by atoms with Gasteiger partial charge in [-0.25, -0.2) is 0 Å². The lowest BCUT2D eigenvalue weighted by molar-refractivity contribution is 0.356. The van der Waals surface area contributed by atoms with Crippen molar-refractivity contribution in [3.05, 3.63) is 34.9 Å². The van der Waals surface area contributed by atoms with Gasteiger partial charge in [0.2, 0.25) is 0 Å². The fourth-order valence-corrected chi connectivity index (χ4v) is 3.76. The third kappa shape index (κ3) is 4.23. The number of rotatable bonds is 7. The fraction of sp³-hybridized carbons (Fsp3) is 0.667. The SMILES string of the molecule is Clc1ccccc1CC(CNC1CC1)CC1CCCC1. The Morgan fingerprint density at radius 1 is 1.10 bits per heavy atom. The first-order valence-corrected chi connectivity index (χ1v) is 8.66. The quantitative estimate of drug-likeness (QED) is 0.758. The second-order valence-electron chi connectivity index (χ2n) is 6.73. The molecule has 0 bridgehead atoms. The van der Waals surface area contributed by atoms with Crippen molar-refractivity contribution < 1.29 is 0 Å². The zero-order valence-electron chi connectivity index (χ0n) is 12.3. The van der Waals surface area contributed by atoms with Gasteiger partial charge in [0.15, 0.2) is 0 Å². The molecule has 1 atom stereocenters. The molecular formula is C18H26ClN. The summed E-state index contributed by atoms with van der Waals surface area (Å²) in [4.78, 5) is 0. The molecule has 0 saturated heterocycles. The lowest BCUT2D eigenvalue weighted by atomic mass is 9.88. The van der Waals surface area contributed by atoms with Gasteiger partial charge >= 0.3 is 0 Å². The van der Waals surface area contributed by atoms with E-state index in [9.17, 15) is 0 Å². The van der Waals surface area contributed by atoms with Gasteiger partial charge < -0.3 is 5.32 Å².